The van der Waals surface area contributed by atoms with Gasteiger partial charge >= 0.3 is 0 Å². The minimum absolute atomic E-state index is 0.397. The monoisotopic (exact) mass is 287 g/mol. The highest BCUT2D eigenvalue weighted by atomic mass is 32.1. The molecule has 0 radical (unpaired) electrons. The lowest BCUT2D eigenvalue weighted by Crippen LogP contribution is -2.11. The number of nitrogens with one attached hydrogen (secondary N) is 1. The first-order valence-electron chi connectivity index (χ1n) is 6.69. The fraction of sp³-hybridized carbons (Fsp3) is 0.357. The van der Waals surface area contributed by atoms with Gasteiger partial charge in [-0.05, 0) is 5.92 Å². The van der Waals surface area contributed by atoms with Crippen LogP contribution in [0.2, 0.25) is 0 Å². The van der Waals surface area contributed by atoms with Gasteiger partial charge in [-0.15, -0.1) is 11.3 Å². The van der Waals surface area contributed by atoms with Crippen LogP contribution in [0.15, 0.2) is 29.2 Å². The van der Waals surface area contributed by atoms with Crippen molar-refractivity contribution in [3.63, 3.8) is 0 Å². The van der Waals surface area contributed by atoms with Crippen LogP contribution in [-0.4, -0.2) is 26.1 Å². The van der Waals surface area contributed by atoms with Crippen LogP contribution in [0.1, 0.15) is 31.2 Å². The molecule has 5 nitrogen and oxygen atoms in total. The molecule has 6 heteroatoms. The molecule has 1 N–H and O–H groups in total. The molecular formula is C14H17N5S. The minimum Gasteiger partial charge on any atom is -0.370 e. The second kappa shape index (κ2) is 5.58. The van der Waals surface area contributed by atoms with Crippen molar-refractivity contribution in [2.24, 2.45) is 0 Å². The van der Waals surface area contributed by atoms with Crippen LogP contribution < -0.4 is 5.32 Å². The molecular weight excluding hydrogens is 270 g/mol. The molecule has 3 aromatic heterocycles. The summed E-state index contributed by atoms with van der Waals surface area (Å²) in [5, 5.41) is 9.83. The smallest absolute Gasteiger partial charge is 0.157 e. The fourth-order valence-electron chi connectivity index (χ4n) is 2.03. The van der Waals surface area contributed by atoms with Crippen LogP contribution in [0, 0.1) is 0 Å². The van der Waals surface area contributed by atoms with E-state index in [4.69, 9.17) is 0 Å². The predicted molar refractivity (Wildman–Crippen MR) is 81.4 cm³/mol. The minimum atomic E-state index is 0.397. The number of hydrogen-bond acceptors (Lipinski definition) is 5. The third kappa shape index (κ3) is 2.65. The van der Waals surface area contributed by atoms with Crippen LogP contribution in [0.4, 0.5) is 5.82 Å². The Labute approximate surface area is 121 Å². The normalized spacial score (nSPS) is 11.3. The molecule has 0 saturated carbocycles. The van der Waals surface area contributed by atoms with E-state index in [1.165, 1.54) is 0 Å². The van der Waals surface area contributed by atoms with E-state index in [1.807, 2.05) is 16.1 Å². The van der Waals surface area contributed by atoms with Crippen molar-refractivity contribution < 1.29 is 0 Å². The Kier molecular flexibility index (Phi) is 3.64. The summed E-state index contributed by atoms with van der Waals surface area (Å²) < 4.78 is 1.84. The first-order valence-corrected chi connectivity index (χ1v) is 7.64. The number of nitrogens with zero attached hydrogens (tertiary/aromatic N) is 4. The van der Waals surface area contributed by atoms with Gasteiger partial charge in [-0.2, -0.15) is 9.61 Å². The lowest BCUT2D eigenvalue weighted by Gasteiger charge is -2.11. The molecule has 0 unspecified atom stereocenters. The number of aromatic nitrogens is 4. The maximum absolute atomic E-state index is 4.60. The number of anilines is 1. The maximum atomic E-state index is 4.60. The predicted octanol–water partition coefficient (Wildman–Crippen LogP) is 2.96. The number of thiazole rings is 1. The van der Waals surface area contributed by atoms with Gasteiger partial charge < -0.3 is 5.32 Å². The first kappa shape index (κ1) is 13.1. The topological polar surface area (TPSA) is 55.1 Å². The Morgan fingerprint density at radius 3 is 3.05 bits per heavy atom. The van der Waals surface area contributed by atoms with Crippen molar-refractivity contribution in [1.82, 2.24) is 19.6 Å². The van der Waals surface area contributed by atoms with Gasteiger partial charge in [-0.3, -0.25) is 0 Å². The second-order valence-corrected chi connectivity index (χ2v) is 5.70. The van der Waals surface area contributed by atoms with Crippen molar-refractivity contribution in [3.05, 3.63) is 40.6 Å². The molecule has 0 aliphatic heterocycles. The van der Waals surface area contributed by atoms with Gasteiger partial charge in [0.05, 0.1) is 17.4 Å². The summed E-state index contributed by atoms with van der Waals surface area (Å²) in [6.07, 6.45) is 2.68. The number of fused-ring (bicyclic) bond motifs is 1. The number of rotatable bonds is 5. The second-order valence-electron chi connectivity index (χ2n) is 4.98. The molecule has 20 heavy (non-hydrogen) atoms. The van der Waals surface area contributed by atoms with E-state index in [9.17, 15) is 0 Å². The summed E-state index contributed by atoms with van der Waals surface area (Å²) in [4.78, 5) is 8.89. The largest absolute Gasteiger partial charge is 0.370 e. The van der Waals surface area contributed by atoms with Crippen molar-refractivity contribution in [2.75, 3.05) is 11.9 Å². The van der Waals surface area contributed by atoms with Crippen LogP contribution in [0.3, 0.4) is 0 Å². The van der Waals surface area contributed by atoms with Crippen molar-refractivity contribution >= 4 is 22.8 Å². The van der Waals surface area contributed by atoms with Crippen LogP contribution in [-0.2, 0) is 6.42 Å². The molecule has 0 bridgehead atoms. The summed E-state index contributed by atoms with van der Waals surface area (Å²) in [5.41, 5.74) is 4.95. The standard InChI is InChI=1S/C14H17N5S/c1-10(2)12-7-14(19-13(18-12)4-6-17-19)15-5-3-11-8-20-9-16-11/h4,6-10,15H,3,5H2,1-2H3. The molecule has 0 saturated heterocycles. The van der Waals surface area contributed by atoms with Crippen molar-refractivity contribution in [2.45, 2.75) is 26.2 Å². The van der Waals surface area contributed by atoms with Gasteiger partial charge in [0.15, 0.2) is 5.65 Å². The molecule has 0 aliphatic carbocycles. The zero-order valence-electron chi connectivity index (χ0n) is 11.6. The summed E-state index contributed by atoms with van der Waals surface area (Å²) in [6, 6.07) is 4.00. The molecule has 0 aromatic carbocycles. The average Bonchev–Trinajstić information content (AvgIpc) is 3.08. The molecule has 3 aromatic rings. The number of hydrogen-bond donors (Lipinski definition) is 1. The van der Waals surface area contributed by atoms with Crippen molar-refractivity contribution in [3.8, 4) is 0 Å². The maximum Gasteiger partial charge on any atom is 0.157 e. The van der Waals surface area contributed by atoms with Crippen LogP contribution >= 0.6 is 11.3 Å². The summed E-state index contributed by atoms with van der Waals surface area (Å²) in [5.74, 6) is 1.38. The van der Waals surface area contributed by atoms with E-state index >= 15 is 0 Å². The lowest BCUT2D eigenvalue weighted by molar-refractivity contribution is 0.807. The third-order valence-electron chi connectivity index (χ3n) is 3.14. The van der Waals surface area contributed by atoms with E-state index < -0.39 is 0 Å². The Bertz CT molecular complexity index is 687. The zero-order valence-corrected chi connectivity index (χ0v) is 12.4. The lowest BCUT2D eigenvalue weighted by atomic mass is 10.1. The van der Waals surface area contributed by atoms with Crippen molar-refractivity contribution in [1.29, 1.82) is 0 Å². The van der Waals surface area contributed by atoms with Gasteiger partial charge in [-0.1, -0.05) is 13.8 Å². The van der Waals surface area contributed by atoms with E-state index in [-0.39, 0.29) is 0 Å². The zero-order chi connectivity index (χ0) is 13.9. The molecule has 0 spiro atoms. The molecule has 3 rings (SSSR count). The van der Waals surface area contributed by atoms with Crippen LogP contribution in [0.25, 0.3) is 5.65 Å². The Hall–Kier alpha value is -1.95. The van der Waals surface area contributed by atoms with E-state index in [0.717, 1.165) is 35.8 Å². The highest BCUT2D eigenvalue weighted by Gasteiger charge is 2.08. The molecule has 104 valence electrons. The van der Waals surface area contributed by atoms with Gasteiger partial charge in [-0.25, -0.2) is 9.97 Å². The average molecular weight is 287 g/mol. The van der Waals surface area contributed by atoms with Crippen LogP contribution in [0.5, 0.6) is 0 Å². The van der Waals surface area contributed by atoms with Gasteiger partial charge in [0.25, 0.3) is 0 Å². The van der Waals surface area contributed by atoms with E-state index in [2.05, 4.69) is 45.7 Å². The fourth-order valence-corrected chi connectivity index (χ4v) is 2.63. The summed E-state index contributed by atoms with van der Waals surface area (Å²) >= 11 is 1.63. The van der Waals surface area contributed by atoms with Gasteiger partial charge in [0.1, 0.15) is 5.82 Å². The SMILES string of the molecule is CC(C)c1cc(NCCc2cscn2)n2nccc2n1. The summed E-state index contributed by atoms with van der Waals surface area (Å²) in [7, 11) is 0. The van der Waals surface area contributed by atoms with Gasteiger partial charge in [0, 0.05) is 36.2 Å². The van der Waals surface area contributed by atoms with E-state index in [0.29, 0.717) is 5.92 Å². The summed E-state index contributed by atoms with van der Waals surface area (Å²) in [6.45, 7) is 5.13. The quantitative estimate of drug-likeness (QED) is 0.784. The Morgan fingerprint density at radius 1 is 1.40 bits per heavy atom. The molecule has 0 atom stereocenters. The highest BCUT2D eigenvalue weighted by Crippen LogP contribution is 2.18. The van der Waals surface area contributed by atoms with Gasteiger partial charge in [0.2, 0.25) is 0 Å². The molecule has 0 fully saturated rings. The van der Waals surface area contributed by atoms with E-state index in [1.54, 1.807) is 17.5 Å². The Morgan fingerprint density at radius 2 is 2.30 bits per heavy atom. The molecule has 3 heterocycles. The Balaban J connectivity index is 1.80. The first-order chi connectivity index (χ1) is 9.74. The molecule has 0 amide bonds. The highest BCUT2D eigenvalue weighted by molar-refractivity contribution is 7.07. The third-order valence-corrected chi connectivity index (χ3v) is 3.78. The molecule has 0 aliphatic rings.